The highest BCUT2D eigenvalue weighted by Crippen LogP contribution is 2.18. The third-order valence-corrected chi connectivity index (χ3v) is 15.6. The van der Waals surface area contributed by atoms with E-state index in [0.29, 0.717) is 19.3 Å². The van der Waals surface area contributed by atoms with Crippen LogP contribution in [-0.2, 0) is 28.6 Å². The Labute approximate surface area is 515 Å². The lowest BCUT2D eigenvalue weighted by molar-refractivity contribution is -0.166. The van der Waals surface area contributed by atoms with Crippen LogP contribution in [0.5, 0.6) is 0 Å². The standard InChI is InChI=1S/C77H134O6/c1-4-7-10-13-16-19-22-25-28-30-32-33-34-35-36-37-38-39-40-41-42-43-45-46-49-52-55-58-61-64-67-70-76(79)82-73-74(72-81-75(78)69-66-63-60-57-54-51-48-27-24-21-18-15-12-9-6-3)83-77(80)71-68-65-62-59-56-53-50-47-44-31-29-26-23-20-17-14-11-8-5-2/h8,11,17-18,20-21,26-27,29,44,47-48,53,56,62,65,74H,4-7,9-10,12-16,19,22-25,28,30-43,45-46,49-52,54-55,57-61,63-64,66-73H2,1-3H3/b11-8-,20-17-,21-18-,29-26-,47-44-,48-27-,56-53-,65-62-. The summed E-state index contributed by atoms with van der Waals surface area (Å²) in [6.45, 7) is 6.47. The van der Waals surface area contributed by atoms with E-state index in [1.54, 1.807) is 0 Å². The molecule has 0 aromatic heterocycles. The van der Waals surface area contributed by atoms with E-state index in [1.165, 1.54) is 205 Å². The molecule has 83 heavy (non-hydrogen) atoms. The van der Waals surface area contributed by atoms with Crippen LogP contribution in [-0.4, -0.2) is 37.2 Å². The predicted molar refractivity (Wildman–Crippen MR) is 362 cm³/mol. The molecule has 6 heteroatoms. The minimum Gasteiger partial charge on any atom is -0.462 e. The molecule has 0 bridgehead atoms. The van der Waals surface area contributed by atoms with Gasteiger partial charge in [-0.1, -0.05) is 343 Å². The second kappa shape index (κ2) is 70.8. The highest BCUT2D eigenvalue weighted by Gasteiger charge is 2.19. The molecule has 0 saturated carbocycles. The molecule has 1 unspecified atom stereocenters. The van der Waals surface area contributed by atoms with Gasteiger partial charge in [0.2, 0.25) is 0 Å². The number of ether oxygens (including phenoxy) is 3. The summed E-state index contributed by atoms with van der Waals surface area (Å²) in [5.74, 6) is -0.996. The largest absolute Gasteiger partial charge is 0.462 e. The quantitative estimate of drug-likeness (QED) is 0.0261. The Balaban J connectivity index is 4.28. The van der Waals surface area contributed by atoms with Gasteiger partial charge in [-0.3, -0.25) is 14.4 Å². The van der Waals surface area contributed by atoms with Crippen LogP contribution in [0.4, 0.5) is 0 Å². The van der Waals surface area contributed by atoms with Crippen LogP contribution in [0.2, 0.25) is 0 Å². The number of hydrogen-bond donors (Lipinski definition) is 0. The van der Waals surface area contributed by atoms with E-state index < -0.39 is 12.1 Å². The van der Waals surface area contributed by atoms with Gasteiger partial charge in [0.25, 0.3) is 0 Å². The molecule has 0 aliphatic heterocycles. The van der Waals surface area contributed by atoms with Crippen molar-refractivity contribution in [1.82, 2.24) is 0 Å². The lowest BCUT2D eigenvalue weighted by atomic mass is 10.0. The van der Waals surface area contributed by atoms with Crippen molar-refractivity contribution in [3.8, 4) is 0 Å². The molecule has 478 valence electrons. The monoisotopic (exact) mass is 1160 g/mol. The van der Waals surface area contributed by atoms with Crippen molar-refractivity contribution >= 4 is 17.9 Å². The number of carbonyl (C=O) groups excluding carboxylic acids is 3. The summed E-state index contributed by atoms with van der Waals surface area (Å²) in [5, 5.41) is 0. The summed E-state index contributed by atoms with van der Waals surface area (Å²) in [6, 6.07) is 0. The summed E-state index contributed by atoms with van der Waals surface area (Å²) < 4.78 is 16.9. The molecule has 0 aromatic carbocycles. The molecule has 0 aliphatic rings. The number of hydrogen-bond acceptors (Lipinski definition) is 6. The number of allylic oxidation sites excluding steroid dienone is 16. The lowest BCUT2D eigenvalue weighted by Gasteiger charge is -2.18. The summed E-state index contributed by atoms with van der Waals surface area (Å²) in [7, 11) is 0. The maximum atomic E-state index is 12.9. The van der Waals surface area contributed by atoms with Crippen LogP contribution < -0.4 is 0 Å². The highest BCUT2D eigenvalue weighted by atomic mass is 16.6. The van der Waals surface area contributed by atoms with Crippen LogP contribution >= 0.6 is 0 Å². The van der Waals surface area contributed by atoms with Gasteiger partial charge in [0.15, 0.2) is 6.10 Å². The Morgan fingerprint density at radius 3 is 0.807 bits per heavy atom. The highest BCUT2D eigenvalue weighted by molar-refractivity contribution is 5.71. The SMILES string of the molecule is CC/C=C\C/C=C\C/C=C\C/C=C\C/C=C\C/C=C\CCC(=O)OC(COC(=O)CCCCCCC/C=C\C/C=C\CCCCC)COC(=O)CCCCCCCCCCCCCCCCCCCCCCCCCCCCCCCCC. The Morgan fingerprint density at radius 2 is 0.494 bits per heavy atom. The first kappa shape index (κ1) is 79.3. The molecular weight excluding hydrogens is 1020 g/mol. The Kier molecular flexibility index (Phi) is 67.7. The van der Waals surface area contributed by atoms with E-state index in [0.717, 1.165) is 103 Å². The van der Waals surface area contributed by atoms with Gasteiger partial charge in [-0.25, -0.2) is 0 Å². The maximum absolute atomic E-state index is 12.9. The zero-order valence-electron chi connectivity index (χ0n) is 54.9. The van der Waals surface area contributed by atoms with E-state index in [-0.39, 0.29) is 31.6 Å². The summed E-state index contributed by atoms with van der Waals surface area (Å²) in [6.07, 6.45) is 96.1. The molecule has 0 aliphatic carbocycles. The van der Waals surface area contributed by atoms with Crippen molar-refractivity contribution in [2.24, 2.45) is 0 Å². The van der Waals surface area contributed by atoms with Crippen LogP contribution in [0, 0.1) is 0 Å². The van der Waals surface area contributed by atoms with Crippen molar-refractivity contribution in [3.63, 3.8) is 0 Å². The molecule has 0 saturated heterocycles. The molecule has 0 heterocycles. The van der Waals surface area contributed by atoms with Crippen molar-refractivity contribution in [3.05, 3.63) is 97.2 Å². The molecule has 0 amide bonds. The number of carbonyl (C=O) groups is 3. The second-order valence-electron chi connectivity index (χ2n) is 23.8. The van der Waals surface area contributed by atoms with E-state index in [4.69, 9.17) is 14.2 Å². The average Bonchev–Trinajstić information content (AvgIpc) is 3.49. The molecule has 0 rings (SSSR count). The topological polar surface area (TPSA) is 78.9 Å². The molecule has 6 nitrogen and oxygen atoms in total. The molecular formula is C77H134O6. The fourth-order valence-electron chi connectivity index (χ4n) is 10.3. The van der Waals surface area contributed by atoms with Crippen molar-refractivity contribution in [2.75, 3.05) is 13.2 Å². The lowest BCUT2D eigenvalue weighted by Crippen LogP contribution is -2.30. The fraction of sp³-hybridized carbons (Fsp3) is 0.753. The van der Waals surface area contributed by atoms with Crippen molar-refractivity contribution < 1.29 is 28.6 Å². The summed E-state index contributed by atoms with van der Waals surface area (Å²) >= 11 is 0. The Morgan fingerprint density at radius 1 is 0.253 bits per heavy atom. The van der Waals surface area contributed by atoms with Crippen LogP contribution in [0.3, 0.4) is 0 Å². The zero-order valence-corrected chi connectivity index (χ0v) is 54.9. The van der Waals surface area contributed by atoms with E-state index in [2.05, 4.69) is 112 Å². The average molecular weight is 1160 g/mol. The third kappa shape index (κ3) is 69.0. The minimum atomic E-state index is -0.825. The van der Waals surface area contributed by atoms with Gasteiger partial charge in [-0.05, 0) is 89.9 Å². The number of rotatable bonds is 65. The first-order chi connectivity index (χ1) is 41.0. The van der Waals surface area contributed by atoms with Gasteiger partial charge in [-0.2, -0.15) is 0 Å². The normalized spacial score (nSPS) is 12.7. The van der Waals surface area contributed by atoms with Gasteiger partial charge in [0.05, 0.1) is 0 Å². The van der Waals surface area contributed by atoms with Crippen LogP contribution in [0.25, 0.3) is 0 Å². The van der Waals surface area contributed by atoms with Gasteiger partial charge in [-0.15, -0.1) is 0 Å². The number of esters is 3. The van der Waals surface area contributed by atoms with Crippen molar-refractivity contribution in [2.45, 2.75) is 361 Å². The molecule has 0 fully saturated rings. The smallest absolute Gasteiger partial charge is 0.306 e. The van der Waals surface area contributed by atoms with E-state index >= 15 is 0 Å². The summed E-state index contributed by atoms with van der Waals surface area (Å²) in [4.78, 5) is 38.4. The van der Waals surface area contributed by atoms with Crippen LogP contribution in [0.15, 0.2) is 97.2 Å². The van der Waals surface area contributed by atoms with Crippen LogP contribution in [0.1, 0.15) is 355 Å². The van der Waals surface area contributed by atoms with Gasteiger partial charge >= 0.3 is 17.9 Å². The molecule has 0 aromatic rings. The molecule has 0 radical (unpaired) electrons. The van der Waals surface area contributed by atoms with E-state index in [1.807, 2.05) is 6.08 Å². The fourth-order valence-corrected chi connectivity index (χ4v) is 10.3. The predicted octanol–water partition coefficient (Wildman–Crippen LogP) is 24.8. The molecule has 0 spiro atoms. The second-order valence-corrected chi connectivity index (χ2v) is 23.8. The van der Waals surface area contributed by atoms with Gasteiger partial charge in [0, 0.05) is 19.3 Å². The van der Waals surface area contributed by atoms with Gasteiger partial charge < -0.3 is 14.2 Å². The first-order valence-corrected chi connectivity index (χ1v) is 35.7. The Bertz CT molecular complexity index is 1610. The first-order valence-electron chi connectivity index (χ1n) is 35.7. The summed E-state index contributed by atoms with van der Waals surface area (Å²) in [5.41, 5.74) is 0. The van der Waals surface area contributed by atoms with Crippen molar-refractivity contribution in [1.29, 1.82) is 0 Å². The minimum absolute atomic E-state index is 0.110. The maximum Gasteiger partial charge on any atom is 0.306 e. The van der Waals surface area contributed by atoms with E-state index in [9.17, 15) is 14.4 Å². The molecule has 1 atom stereocenters. The zero-order chi connectivity index (χ0) is 59.9. The number of unbranched alkanes of at least 4 members (excludes halogenated alkanes) is 38. The molecule has 0 N–H and O–H groups in total. The van der Waals surface area contributed by atoms with Gasteiger partial charge in [0.1, 0.15) is 13.2 Å². The Hall–Kier alpha value is -3.67. The third-order valence-electron chi connectivity index (χ3n) is 15.6.